The molecule has 0 radical (unpaired) electrons. The van der Waals surface area contributed by atoms with Gasteiger partial charge in [0.2, 0.25) is 0 Å². The molecule has 2 aliphatic heterocycles. The highest BCUT2D eigenvalue weighted by Gasteiger charge is 2.30. The number of thiophene rings is 1. The fraction of sp³-hybridized carbons (Fsp3) is 0.345. The lowest BCUT2D eigenvalue weighted by Gasteiger charge is -2.31. The number of rotatable bonds is 6. The van der Waals surface area contributed by atoms with Gasteiger partial charge in [0.25, 0.3) is 11.5 Å². The molecule has 7 rings (SSSR count). The molecule has 0 unspecified atom stereocenters. The highest BCUT2D eigenvalue weighted by Crippen LogP contribution is 2.38. The van der Waals surface area contributed by atoms with Crippen LogP contribution in [0.15, 0.2) is 59.4 Å². The fourth-order valence-corrected chi connectivity index (χ4v) is 6.55. The van der Waals surface area contributed by atoms with Crippen LogP contribution in [0.5, 0.6) is 5.75 Å². The van der Waals surface area contributed by atoms with Crippen molar-refractivity contribution in [3.05, 3.63) is 69.8 Å². The van der Waals surface area contributed by atoms with E-state index in [2.05, 4.69) is 32.2 Å². The van der Waals surface area contributed by atoms with E-state index in [0.29, 0.717) is 34.1 Å². The first-order valence-electron chi connectivity index (χ1n) is 13.5. The van der Waals surface area contributed by atoms with Crippen LogP contribution in [0, 0.1) is 5.92 Å². The van der Waals surface area contributed by atoms with Crippen molar-refractivity contribution in [3.8, 4) is 11.4 Å². The van der Waals surface area contributed by atoms with Gasteiger partial charge in [0.1, 0.15) is 17.2 Å². The van der Waals surface area contributed by atoms with E-state index in [1.165, 1.54) is 24.2 Å². The molecular weight excluding hydrogens is 512 g/mol. The van der Waals surface area contributed by atoms with E-state index in [1.807, 2.05) is 36.4 Å². The van der Waals surface area contributed by atoms with Gasteiger partial charge in [-0.05, 0) is 61.6 Å². The summed E-state index contributed by atoms with van der Waals surface area (Å²) in [6.45, 7) is 4.30. The van der Waals surface area contributed by atoms with Gasteiger partial charge in [-0.15, -0.1) is 11.3 Å². The number of aromatic nitrogens is 2. The van der Waals surface area contributed by atoms with Gasteiger partial charge in [-0.1, -0.05) is 18.2 Å². The Morgan fingerprint density at radius 3 is 2.74 bits per heavy atom. The molecule has 1 saturated carbocycles. The first kappa shape index (κ1) is 24.2. The van der Waals surface area contributed by atoms with Crippen molar-refractivity contribution in [3.63, 3.8) is 0 Å². The number of anilines is 3. The Morgan fingerprint density at radius 2 is 1.92 bits per heavy atom. The average Bonchev–Trinajstić information content (AvgIpc) is 3.50. The highest BCUT2D eigenvalue weighted by atomic mass is 32.1. The summed E-state index contributed by atoms with van der Waals surface area (Å²) in [4.78, 5) is 36.6. The van der Waals surface area contributed by atoms with Gasteiger partial charge >= 0.3 is 0 Å². The van der Waals surface area contributed by atoms with Gasteiger partial charge in [0, 0.05) is 31.4 Å². The van der Waals surface area contributed by atoms with Crippen molar-refractivity contribution in [1.29, 1.82) is 0 Å². The lowest BCUT2D eigenvalue weighted by atomic mass is 10.1. The normalized spacial score (nSPS) is 19.2. The maximum absolute atomic E-state index is 13.3. The molecule has 1 saturated heterocycles. The molecule has 1 atom stereocenters. The molecule has 2 aromatic carbocycles. The summed E-state index contributed by atoms with van der Waals surface area (Å²) in [5.41, 5.74) is 8.78. The van der Waals surface area contributed by atoms with Crippen LogP contribution < -0.4 is 26.2 Å². The number of ether oxygens (including phenoxy) is 1. The number of carbonyl (C=O) groups is 1. The minimum Gasteiger partial charge on any atom is -0.490 e. The molecule has 39 heavy (non-hydrogen) atoms. The van der Waals surface area contributed by atoms with Crippen molar-refractivity contribution in [2.24, 2.45) is 5.92 Å². The number of hydrogen-bond acceptors (Lipinski definition) is 8. The third-order valence-corrected chi connectivity index (χ3v) is 8.77. The van der Waals surface area contributed by atoms with Gasteiger partial charge < -0.3 is 25.6 Å². The van der Waals surface area contributed by atoms with Crippen LogP contribution in [-0.4, -0.2) is 59.2 Å². The quantitative estimate of drug-likeness (QED) is 0.382. The van der Waals surface area contributed by atoms with Crippen LogP contribution in [0.25, 0.3) is 16.0 Å². The van der Waals surface area contributed by atoms with Crippen molar-refractivity contribution >= 4 is 44.8 Å². The van der Waals surface area contributed by atoms with Crippen molar-refractivity contribution in [2.75, 3.05) is 43.4 Å². The SMILES string of the molecule is Nc1nc2sc(C(=O)N[C@@H]3CCN(CC4CC4)C3)cc2n(-c2ccc3c(c2)N(c2ccccc2)CCO3)c1=O. The van der Waals surface area contributed by atoms with Gasteiger partial charge in [-0.25, -0.2) is 4.98 Å². The predicted octanol–water partition coefficient (Wildman–Crippen LogP) is 3.77. The van der Waals surface area contributed by atoms with Crippen molar-refractivity contribution in [1.82, 2.24) is 19.8 Å². The third kappa shape index (κ3) is 4.63. The van der Waals surface area contributed by atoms with Crippen LogP contribution in [-0.2, 0) is 0 Å². The number of benzene rings is 2. The van der Waals surface area contributed by atoms with Crippen LogP contribution >= 0.6 is 11.3 Å². The third-order valence-electron chi connectivity index (χ3n) is 7.76. The topological polar surface area (TPSA) is 106 Å². The summed E-state index contributed by atoms with van der Waals surface area (Å²) in [7, 11) is 0. The average molecular weight is 543 g/mol. The lowest BCUT2D eigenvalue weighted by Crippen LogP contribution is -2.37. The van der Waals surface area contributed by atoms with Crippen LogP contribution in [0.3, 0.4) is 0 Å². The Balaban J connectivity index is 1.22. The number of para-hydroxylation sites is 1. The molecule has 3 aliphatic rings. The number of nitrogens with one attached hydrogen (secondary N) is 1. The van der Waals surface area contributed by atoms with Gasteiger partial charge in [0.05, 0.1) is 28.3 Å². The maximum atomic E-state index is 13.3. The summed E-state index contributed by atoms with van der Waals surface area (Å²) in [6.07, 6.45) is 3.61. The largest absolute Gasteiger partial charge is 0.490 e. The molecule has 4 heterocycles. The summed E-state index contributed by atoms with van der Waals surface area (Å²) < 4.78 is 7.47. The molecule has 2 fully saturated rings. The smallest absolute Gasteiger partial charge is 0.298 e. The standard InChI is InChI=1S/C29H30N6O3S/c30-26-29(37)35(21-8-9-24-22(14-21)34(12-13-38-24)20-4-2-1-3-5-20)23-15-25(39-28(23)32-26)27(36)31-19-10-11-33(17-19)16-18-6-7-18/h1-5,8-9,14-15,18-19H,6-7,10-13,16-17H2,(H2,30,32)(H,31,36)/t19-/m1/s1. The molecular formula is C29H30N6O3S. The zero-order valence-electron chi connectivity index (χ0n) is 21.5. The van der Waals surface area contributed by atoms with Crippen LogP contribution in [0.2, 0.25) is 0 Å². The molecule has 1 amide bonds. The molecule has 10 heteroatoms. The number of likely N-dealkylation sites (tertiary alicyclic amines) is 1. The molecule has 0 spiro atoms. The number of fused-ring (bicyclic) bond motifs is 2. The van der Waals surface area contributed by atoms with Crippen LogP contribution in [0.4, 0.5) is 17.2 Å². The minimum atomic E-state index is -0.415. The zero-order chi connectivity index (χ0) is 26.5. The van der Waals surface area contributed by atoms with Crippen molar-refractivity contribution < 1.29 is 9.53 Å². The Bertz CT molecular complexity index is 1610. The molecule has 200 valence electrons. The molecule has 4 aromatic rings. The molecule has 3 N–H and O–H groups in total. The van der Waals surface area contributed by atoms with Crippen LogP contribution in [0.1, 0.15) is 28.9 Å². The summed E-state index contributed by atoms with van der Waals surface area (Å²) in [6, 6.07) is 17.6. The number of hydrogen-bond donors (Lipinski definition) is 2. The molecule has 9 nitrogen and oxygen atoms in total. The number of nitrogens with zero attached hydrogens (tertiary/aromatic N) is 4. The minimum absolute atomic E-state index is 0.100. The Morgan fingerprint density at radius 1 is 1.08 bits per heavy atom. The molecule has 2 aromatic heterocycles. The first-order valence-corrected chi connectivity index (χ1v) is 14.3. The molecule has 1 aliphatic carbocycles. The molecule has 0 bridgehead atoms. The van der Waals surface area contributed by atoms with E-state index >= 15 is 0 Å². The second-order valence-electron chi connectivity index (χ2n) is 10.6. The van der Waals surface area contributed by atoms with E-state index in [4.69, 9.17) is 10.5 Å². The Kier molecular flexibility index (Phi) is 6.01. The van der Waals surface area contributed by atoms with Gasteiger partial charge in [-0.2, -0.15) is 0 Å². The second kappa shape index (κ2) is 9.69. The Hall–Kier alpha value is -3.89. The number of nitrogens with two attached hydrogens (primary N) is 1. The summed E-state index contributed by atoms with van der Waals surface area (Å²) >= 11 is 1.26. The number of nitrogen functional groups attached to an aromatic ring is 1. The van der Waals surface area contributed by atoms with E-state index < -0.39 is 5.56 Å². The van der Waals surface area contributed by atoms with E-state index in [9.17, 15) is 9.59 Å². The number of carbonyl (C=O) groups excluding carboxylic acids is 1. The monoisotopic (exact) mass is 542 g/mol. The Labute approximate surface area is 229 Å². The highest BCUT2D eigenvalue weighted by molar-refractivity contribution is 7.20. The maximum Gasteiger partial charge on any atom is 0.298 e. The van der Waals surface area contributed by atoms with E-state index in [-0.39, 0.29) is 17.8 Å². The fourth-order valence-electron chi connectivity index (χ4n) is 5.62. The first-order chi connectivity index (χ1) is 19.0. The van der Waals surface area contributed by atoms with Crippen molar-refractivity contribution in [2.45, 2.75) is 25.3 Å². The van der Waals surface area contributed by atoms with E-state index in [1.54, 1.807) is 10.6 Å². The van der Waals surface area contributed by atoms with Gasteiger partial charge in [0.15, 0.2) is 5.82 Å². The van der Waals surface area contributed by atoms with E-state index in [0.717, 1.165) is 49.1 Å². The predicted molar refractivity (Wildman–Crippen MR) is 154 cm³/mol. The summed E-state index contributed by atoms with van der Waals surface area (Å²) in [5, 5.41) is 3.19. The summed E-state index contributed by atoms with van der Waals surface area (Å²) in [5.74, 6) is 1.35. The lowest BCUT2D eigenvalue weighted by molar-refractivity contribution is 0.0942. The second-order valence-corrected chi connectivity index (χ2v) is 11.6. The zero-order valence-corrected chi connectivity index (χ0v) is 22.3. The number of amides is 1. The van der Waals surface area contributed by atoms with Gasteiger partial charge in [-0.3, -0.25) is 14.2 Å².